The van der Waals surface area contributed by atoms with Crippen LogP contribution in [0.3, 0.4) is 0 Å². The molecule has 0 aliphatic carbocycles. The molecule has 134 valence electrons. The van der Waals surface area contributed by atoms with Gasteiger partial charge < -0.3 is 15.4 Å². The lowest BCUT2D eigenvalue weighted by Crippen LogP contribution is -2.49. The van der Waals surface area contributed by atoms with Crippen LogP contribution in [0.1, 0.15) is 5.56 Å². The van der Waals surface area contributed by atoms with Crippen molar-refractivity contribution in [1.82, 2.24) is 14.9 Å². The van der Waals surface area contributed by atoms with E-state index in [-0.39, 0.29) is 37.5 Å². The van der Waals surface area contributed by atoms with E-state index in [1.54, 1.807) is 18.2 Å². The zero-order valence-electron chi connectivity index (χ0n) is 13.5. The van der Waals surface area contributed by atoms with Crippen LogP contribution in [0.4, 0.5) is 4.39 Å². The van der Waals surface area contributed by atoms with Crippen molar-refractivity contribution in [3.63, 3.8) is 0 Å². The minimum absolute atomic E-state index is 0.0488. The van der Waals surface area contributed by atoms with E-state index in [1.165, 1.54) is 16.6 Å². The second-order valence-electron chi connectivity index (χ2n) is 5.61. The van der Waals surface area contributed by atoms with Gasteiger partial charge in [-0.2, -0.15) is 4.31 Å². The number of benzene rings is 1. The number of hydrogen-bond donors (Lipinski definition) is 2. The normalized spacial score (nSPS) is 19.2. The summed E-state index contributed by atoms with van der Waals surface area (Å²) in [6.07, 6.45) is 0.867. The quantitative estimate of drug-likeness (QED) is 0.697. The van der Waals surface area contributed by atoms with Gasteiger partial charge in [-0.25, -0.2) is 12.8 Å². The first kappa shape index (κ1) is 18.8. The number of amides is 1. The average Bonchev–Trinajstić information content (AvgIpc) is 2.54. The Labute approximate surface area is 141 Å². The van der Waals surface area contributed by atoms with Crippen molar-refractivity contribution in [3.05, 3.63) is 35.6 Å². The molecule has 0 saturated carbocycles. The molecular weight excluding hydrogens is 337 g/mol. The van der Waals surface area contributed by atoms with E-state index in [4.69, 9.17) is 4.74 Å². The molecule has 2 rings (SSSR count). The monoisotopic (exact) mass is 359 g/mol. The van der Waals surface area contributed by atoms with Crippen molar-refractivity contribution in [3.8, 4) is 0 Å². The van der Waals surface area contributed by atoms with Crippen LogP contribution in [0, 0.1) is 5.82 Å². The fraction of sp³-hybridized carbons (Fsp3) is 0.533. The fourth-order valence-corrected chi connectivity index (χ4v) is 3.20. The predicted octanol–water partition coefficient (Wildman–Crippen LogP) is -0.308. The minimum Gasteiger partial charge on any atom is -0.374 e. The SMILES string of the molecule is CS(=O)(=O)N1CCO[C@H](CNCC(=O)NCc2ccccc2F)C1. The Bertz CT molecular complexity index is 668. The Morgan fingerprint density at radius 1 is 1.42 bits per heavy atom. The number of nitrogens with one attached hydrogen (secondary N) is 2. The van der Waals surface area contributed by atoms with Gasteiger partial charge >= 0.3 is 0 Å². The van der Waals surface area contributed by atoms with Crippen LogP contribution in [0.15, 0.2) is 24.3 Å². The molecule has 2 N–H and O–H groups in total. The Morgan fingerprint density at radius 3 is 2.88 bits per heavy atom. The topological polar surface area (TPSA) is 87.7 Å². The highest BCUT2D eigenvalue weighted by molar-refractivity contribution is 7.88. The van der Waals surface area contributed by atoms with E-state index in [1.807, 2.05) is 0 Å². The number of carbonyl (C=O) groups is 1. The lowest BCUT2D eigenvalue weighted by Gasteiger charge is -2.31. The molecule has 24 heavy (non-hydrogen) atoms. The predicted molar refractivity (Wildman–Crippen MR) is 87.3 cm³/mol. The molecule has 1 aliphatic rings. The lowest BCUT2D eigenvalue weighted by molar-refractivity contribution is -0.120. The second-order valence-corrected chi connectivity index (χ2v) is 7.60. The van der Waals surface area contributed by atoms with Crippen molar-refractivity contribution in [2.45, 2.75) is 12.6 Å². The van der Waals surface area contributed by atoms with Crippen LogP contribution < -0.4 is 10.6 Å². The molecule has 1 aliphatic heterocycles. The highest BCUT2D eigenvalue weighted by Crippen LogP contribution is 2.08. The van der Waals surface area contributed by atoms with Crippen LogP contribution >= 0.6 is 0 Å². The van der Waals surface area contributed by atoms with E-state index in [0.717, 1.165) is 0 Å². The van der Waals surface area contributed by atoms with Gasteiger partial charge in [-0.3, -0.25) is 4.79 Å². The summed E-state index contributed by atoms with van der Waals surface area (Å²) in [5, 5.41) is 5.55. The molecule has 0 bridgehead atoms. The number of halogens is 1. The van der Waals surface area contributed by atoms with Gasteiger partial charge in [0.05, 0.1) is 25.5 Å². The van der Waals surface area contributed by atoms with Gasteiger partial charge in [0.2, 0.25) is 15.9 Å². The maximum Gasteiger partial charge on any atom is 0.234 e. The zero-order valence-corrected chi connectivity index (χ0v) is 14.3. The summed E-state index contributed by atoms with van der Waals surface area (Å²) in [6.45, 7) is 1.47. The highest BCUT2D eigenvalue weighted by Gasteiger charge is 2.26. The molecule has 1 heterocycles. The second kappa shape index (κ2) is 8.52. The molecule has 1 aromatic carbocycles. The third-order valence-electron chi connectivity index (χ3n) is 3.66. The van der Waals surface area contributed by atoms with Crippen molar-refractivity contribution in [1.29, 1.82) is 0 Å². The minimum atomic E-state index is -3.23. The Balaban J connectivity index is 1.68. The first-order valence-corrected chi connectivity index (χ1v) is 9.48. The highest BCUT2D eigenvalue weighted by atomic mass is 32.2. The largest absolute Gasteiger partial charge is 0.374 e. The molecule has 0 unspecified atom stereocenters. The molecule has 0 radical (unpaired) electrons. The van der Waals surface area contributed by atoms with Gasteiger partial charge in [-0.1, -0.05) is 18.2 Å². The number of hydrogen-bond acceptors (Lipinski definition) is 5. The van der Waals surface area contributed by atoms with Crippen LogP contribution in [-0.4, -0.2) is 63.8 Å². The average molecular weight is 359 g/mol. The molecule has 0 aromatic heterocycles. The van der Waals surface area contributed by atoms with Gasteiger partial charge in [0.1, 0.15) is 5.82 Å². The molecule has 1 aromatic rings. The number of ether oxygens (including phenoxy) is 1. The molecule has 1 saturated heterocycles. The van der Waals surface area contributed by atoms with Gasteiger partial charge in [0.25, 0.3) is 0 Å². The van der Waals surface area contributed by atoms with Crippen molar-refractivity contribution in [2.24, 2.45) is 0 Å². The molecule has 9 heteroatoms. The third-order valence-corrected chi connectivity index (χ3v) is 4.93. The summed E-state index contributed by atoms with van der Waals surface area (Å²) in [4.78, 5) is 11.7. The maximum absolute atomic E-state index is 13.4. The molecule has 1 atom stereocenters. The van der Waals surface area contributed by atoms with Crippen LogP contribution in [0.5, 0.6) is 0 Å². The van der Waals surface area contributed by atoms with Crippen LogP contribution in [0.25, 0.3) is 0 Å². The summed E-state index contributed by atoms with van der Waals surface area (Å²) in [6, 6.07) is 6.25. The molecule has 1 fully saturated rings. The first-order chi connectivity index (χ1) is 11.4. The number of morpholine rings is 1. The third kappa shape index (κ3) is 5.82. The lowest BCUT2D eigenvalue weighted by atomic mass is 10.2. The van der Waals surface area contributed by atoms with Crippen LogP contribution in [0.2, 0.25) is 0 Å². The first-order valence-electron chi connectivity index (χ1n) is 7.64. The standard InChI is InChI=1S/C15H22FN3O4S/c1-24(21,22)19-6-7-23-13(11-19)9-17-10-15(20)18-8-12-4-2-3-5-14(12)16/h2-5,13,17H,6-11H2,1H3,(H,18,20)/t13-/m1/s1. The fourth-order valence-electron chi connectivity index (χ4n) is 2.36. The van der Waals surface area contributed by atoms with Crippen LogP contribution in [-0.2, 0) is 26.1 Å². The van der Waals surface area contributed by atoms with Gasteiger partial charge in [-0.05, 0) is 6.07 Å². The summed E-state index contributed by atoms with van der Waals surface area (Å²) in [5.74, 6) is -0.628. The number of sulfonamides is 1. The number of carbonyl (C=O) groups excluding carboxylic acids is 1. The van der Waals surface area contributed by atoms with Gasteiger partial charge in [0.15, 0.2) is 0 Å². The van der Waals surface area contributed by atoms with Crippen molar-refractivity contribution in [2.75, 3.05) is 39.0 Å². The number of nitrogens with zero attached hydrogens (tertiary/aromatic N) is 1. The summed E-state index contributed by atoms with van der Waals surface area (Å²) < 4.78 is 43.3. The molecular formula is C15H22FN3O4S. The maximum atomic E-state index is 13.4. The van der Waals surface area contributed by atoms with E-state index in [9.17, 15) is 17.6 Å². The molecule has 1 amide bonds. The summed E-state index contributed by atoms with van der Waals surface area (Å²) >= 11 is 0. The zero-order chi connectivity index (χ0) is 17.6. The molecule has 0 spiro atoms. The Morgan fingerprint density at radius 2 is 2.17 bits per heavy atom. The number of rotatable bonds is 7. The van der Waals surface area contributed by atoms with Crippen molar-refractivity contribution >= 4 is 15.9 Å². The van der Waals surface area contributed by atoms with E-state index >= 15 is 0 Å². The Kier molecular flexibility index (Phi) is 6.67. The van der Waals surface area contributed by atoms with Gasteiger partial charge in [-0.15, -0.1) is 0 Å². The summed E-state index contributed by atoms with van der Waals surface area (Å²) in [7, 11) is -3.23. The molecule has 7 nitrogen and oxygen atoms in total. The van der Waals surface area contributed by atoms with Gasteiger partial charge in [0, 0.05) is 31.7 Å². The van der Waals surface area contributed by atoms with Crippen molar-refractivity contribution < 1.29 is 22.3 Å². The smallest absolute Gasteiger partial charge is 0.234 e. The summed E-state index contributed by atoms with van der Waals surface area (Å²) in [5.41, 5.74) is 0.422. The Hall–Kier alpha value is -1.55. The van der Waals surface area contributed by atoms with E-state index < -0.39 is 10.0 Å². The van der Waals surface area contributed by atoms with E-state index in [2.05, 4.69) is 10.6 Å². The van der Waals surface area contributed by atoms with E-state index in [0.29, 0.717) is 25.3 Å².